The van der Waals surface area contributed by atoms with E-state index in [1.54, 1.807) is 11.0 Å². The van der Waals surface area contributed by atoms with E-state index in [2.05, 4.69) is 34.0 Å². The second kappa shape index (κ2) is 7.76. The number of carbonyl (C=O) groups is 1. The van der Waals surface area contributed by atoms with Crippen LogP contribution in [0.1, 0.15) is 25.5 Å². The summed E-state index contributed by atoms with van der Waals surface area (Å²) >= 11 is 0. The van der Waals surface area contributed by atoms with Gasteiger partial charge in [-0.15, -0.1) is 0 Å². The lowest BCUT2D eigenvalue weighted by atomic mass is 10.1. The molecule has 1 aliphatic rings. The number of likely N-dealkylation sites (N-methyl/N-ethyl adjacent to an activating group) is 1. The number of rotatable bonds is 5. The molecule has 1 fully saturated rings. The van der Waals surface area contributed by atoms with Crippen molar-refractivity contribution < 1.29 is 9.53 Å². The average Bonchev–Trinajstić information content (AvgIpc) is 3.16. The molecule has 1 aromatic heterocycles. The Hall–Kier alpha value is -2.25. The molecule has 0 N–H and O–H groups in total. The van der Waals surface area contributed by atoms with Gasteiger partial charge in [-0.25, -0.2) is 9.67 Å². The standard InChI is InChI=1S/C18H25N5O2/c1-14-10-22(8-9-25-14)18(24)11-21(3)15(2)16-4-6-17(7-5-16)23-13-19-12-20-23/h4-7,12-15H,8-11H2,1-3H3/t14-,15+/m0/s1. The second-order valence-electron chi connectivity index (χ2n) is 6.54. The Morgan fingerprint density at radius 1 is 1.40 bits per heavy atom. The van der Waals surface area contributed by atoms with Crippen molar-refractivity contribution in [2.45, 2.75) is 26.0 Å². The molecule has 7 heteroatoms. The van der Waals surface area contributed by atoms with E-state index < -0.39 is 0 Å². The highest BCUT2D eigenvalue weighted by molar-refractivity contribution is 5.78. The molecule has 3 rings (SSSR count). The first kappa shape index (κ1) is 17.6. The smallest absolute Gasteiger partial charge is 0.236 e. The minimum absolute atomic E-state index is 0.116. The Kier molecular flexibility index (Phi) is 5.45. The fourth-order valence-electron chi connectivity index (χ4n) is 3.00. The highest BCUT2D eigenvalue weighted by Crippen LogP contribution is 2.20. The maximum absolute atomic E-state index is 12.5. The summed E-state index contributed by atoms with van der Waals surface area (Å²) < 4.78 is 7.23. The van der Waals surface area contributed by atoms with Crippen LogP contribution >= 0.6 is 0 Å². The third kappa shape index (κ3) is 4.24. The van der Waals surface area contributed by atoms with Gasteiger partial charge < -0.3 is 9.64 Å². The normalized spacial score (nSPS) is 19.2. The molecule has 134 valence electrons. The van der Waals surface area contributed by atoms with Gasteiger partial charge in [-0.3, -0.25) is 9.69 Å². The minimum atomic E-state index is 0.116. The largest absolute Gasteiger partial charge is 0.375 e. The molecule has 2 atom stereocenters. The molecule has 0 radical (unpaired) electrons. The lowest BCUT2D eigenvalue weighted by Gasteiger charge is -2.33. The number of ether oxygens (including phenoxy) is 1. The van der Waals surface area contributed by atoms with Crippen LogP contribution in [0.3, 0.4) is 0 Å². The number of amides is 1. The van der Waals surface area contributed by atoms with Gasteiger partial charge in [0, 0.05) is 19.1 Å². The molecular weight excluding hydrogens is 318 g/mol. The first-order chi connectivity index (χ1) is 12.0. The highest BCUT2D eigenvalue weighted by Gasteiger charge is 2.23. The van der Waals surface area contributed by atoms with Gasteiger partial charge in [-0.2, -0.15) is 5.10 Å². The number of aromatic nitrogens is 3. The minimum Gasteiger partial charge on any atom is -0.375 e. The van der Waals surface area contributed by atoms with Crippen molar-refractivity contribution in [3.05, 3.63) is 42.5 Å². The number of benzene rings is 1. The molecule has 2 heterocycles. The maximum Gasteiger partial charge on any atom is 0.236 e. The van der Waals surface area contributed by atoms with Crippen molar-refractivity contribution in [1.29, 1.82) is 0 Å². The third-order valence-corrected chi connectivity index (χ3v) is 4.70. The zero-order valence-electron chi connectivity index (χ0n) is 15.0. The molecule has 0 aliphatic carbocycles. The average molecular weight is 343 g/mol. The summed E-state index contributed by atoms with van der Waals surface area (Å²) in [4.78, 5) is 20.4. The predicted octanol–water partition coefficient (Wildman–Crippen LogP) is 1.51. The lowest BCUT2D eigenvalue weighted by Crippen LogP contribution is -2.48. The van der Waals surface area contributed by atoms with Gasteiger partial charge >= 0.3 is 0 Å². The van der Waals surface area contributed by atoms with Crippen LogP contribution < -0.4 is 0 Å². The topological polar surface area (TPSA) is 63.5 Å². The molecule has 1 amide bonds. The van der Waals surface area contributed by atoms with E-state index in [1.165, 1.54) is 6.33 Å². The molecule has 0 bridgehead atoms. The van der Waals surface area contributed by atoms with Gasteiger partial charge in [0.25, 0.3) is 0 Å². The first-order valence-corrected chi connectivity index (χ1v) is 8.59. The van der Waals surface area contributed by atoms with Crippen LogP contribution in [-0.2, 0) is 9.53 Å². The van der Waals surface area contributed by atoms with Crippen LogP contribution in [0.4, 0.5) is 0 Å². The third-order valence-electron chi connectivity index (χ3n) is 4.70. The molecule has 1 aromatic carbocycles. The van der Waals surface area contributed by atoms with Crippen molar-refractivity contribution in [2.75, 3.05) is 33.3 Å². The fourth-order valence-corrected chi connectivity index (χ4v) is 3.00. The molecular formula is C18H25N5O2. The van der Waals surface area contributed by atoms with E-state index in [9.17, 15) is 4.79 Å². The summed E-state index contributed by atoms with van der Waals surface area (Å²) in [5.41, 5.74) is 2.13. The number of hydrogen-bond donors (Lipinski definition) is 0. The zero-order chi connectivity index (χ0) is 17.8. The van der Waals surface area contributed by atoms with Gasteiger partial charge in [-0.05, 0) is 38.6 Å². The van der Waals surface area contributed by atoms with Crippen LogP contribution in [0.25, 0.3) is 5.69 Å². The van der Waals surface area contributed by atoms with Crippen molar-refractivity contribution in [2.24, 2.45) is 0 Å². The zero-order valence-corrected chi connectivity index (χ0v) is 15.0. The van der Waals surface area contributed by atoms with Crippen molar-refractivity contribution in [3.8, 4) is 5.69 Å². The van der Waals surface area contributed by atoms with Crippen LogP contribution in [0, 0.1) is 0 Å². The predicted molar refractivity (Wildman–Crippen MR) is 94.4 cm³/mol. The van der Waals surface area contributed by atoms with Crippen LogP contribution in [-0.4, -0.2) is 69.9 Å². The molecule has 25 heavy (non-hydrogen) atoms. The summed E-state index contributed by atoms with van der Waals surface area (Å²) in [6, 6.07) is 8.31. The van der Waals surface area contributed by atoms with Gasteiger partial charge in [0.15, 0.2) is 0 Å². The molecule has 0 spiro atoms. The maximum atomic E-state index is 12.5. The Balaban J connectivity index is 1.60. The summed E-state index contributed by atoms with van der Waals surface area (Å²) in [7, 11) is 1.98. The monoisotopic (exact) mass is 343 g/mol. The number of hydrogen-bond acceptors (Lipinski definition) is 5. The van der Waals surface area contributed by atoms with E-state index in [0.29, 0.717) is 26.2 Å². The van der Waals surface area contributed by atoms with Crippen LogP contribution in [0.2, 0.25) is 0 Å². The lowest BCUT2D eigenvalue weighted by molar-refractivity contribution is -0.139. The summed E-state index contributed by atoms with van der Waals surface area (Å²) in [5.74, 6) is 0.156. The van der Waals surface area contributed by atoms with Crippen molar-refractivity contribution in [3.63, 3.8) is 0 Å². The van der Waals surface area contributed by atoms with Gasteiger partial charge in [0.2, 0.25) is 5.91 Å². The molecule has 1 saturated heterocycles. The molecule has 7 nitrogen and oxygen atoms in total. The quantitative estimate of drug-likeness (QED) is 0.823. The molecule has 1 aliphatic heterocycles. The van der Waals surface area contributed by atoms with E-state index in [-0.39, 0.29) is 18.1 Å². The summed E-state index contributed by atoms with van der Waals surface area (Å²) in [6.45, 7) is 6.49. The van der Waals surface area contributed by atoms with Crippen molar-refractivity contribution >= 4 is 5.91 Å². The summed E-state index contributed by atoms with van der Waals surface area (Å²) in [5, 5.41) is 4.13. The van der Waals surface area contributed by atoms with E-state index in [1.807, 2.05) is 31.0 Å². The fraction of sp³-hybridized carbons (Fsp3) is 0.500. The second-order valence-corrected chi connectivity index (χ2v) is 6.54. The van der Waals surface area contributed by atoms with Gasteiger partial charge in [-0.1, -0.05) is 12.1 Å². The van der Waals surface area contributed by atoms with Gasteiger partial charge in [0.05, 0.1) is 24.9 Å². The number of morpholine rings is 1. The number of carbonyl (C=O) groups excluding carboxylic acids is 1. The number of nitrogens with zero attached hydrogens (tertiary/aromatic N) is 5. The highest BCUT2D eigenvalue weighted by atomic mass is 16.5. The molecule has 0 unspecified atom stereocenters. The Labute approximate surface area is 148 Å². The Morgan fingerprint density at radius 3 is 2.80 bits per heavy atom. The van der Waals surface area contributed by atoms with E-state index in [4.69, 9.17) is 4.74 Å². The summed E-state index contributed by atoms with van der Waals surface area (Å²) in [6.07, 6.45) is 3.30. The SMILES string of the molecule is C[C@H](c1ccc(-n2cncn2)cc1)N(C)CC(=O)N1CCO[C@@H](C)C1. The molecule has 0 saturated carbocycles. The Morgan fingerprint density at radius 2 is 2.16 bits per heavy atom. The van der Waals surface area contributed by atoms with Crippen molar-refractivity contribution in [1.82, 2.24) is 24.6 Å². The Bertz CT molecular complexity index is 686. The molecule has 2 aromatic rings. The first-order valence-electron chi connectivity index (χ1n) is 8.59. The van der Waals surface area contributed by atoms with Crippen LogP contribution in [0.15, 0.2) is 36.9 Å². The van der Waals surface area contributed by atoms with Crippen LogP contribution in [0.5, 0.6) is 0 Å². The van der Waals surface area contributed by atoms with Gasteiger partial charge in [0.1, 0.15) is 12.7 Å². The van der Waals surface area contributed by atoms with E-state index in [0.717, 1.165) is 11.3 Å². The van der Waals surface area contributed by atoms with E-state index >= 15 is 0 Å².